The second kappa shape index (κ2) is 4.13. The average molecular weight is 237 g/mol. The Kier molecular flexibility index (Phi) is 2.78. The first-order chi connectivity index (χ1) is 7.78. The van der Waals surface area contributed by atoms with Crippen LogP contribution >= 0.6 is 11.3 Å². The lowest BCUT2D eigenvalue weighted by Crippen LogP contribution is -2.48. The SMILES string of the molecule is OC1(Cc2cccs2)CCN2CCCCC21. The van der Waals surface area contributed by atoms with Crippen molar-refractivity contribution < 1.29 is 5.11 Å². The molecule has 2 saturated heterocycles. The Morgan fingerprint density at radius 3 is 3.19 bits per heavy atom. The summed E-state index contributed by atoms with van der Waals surface area (Å²) >= 11 is 1.77. The molecule has 0 aromatic carbocycles. The summed E-state index contributed by atoms with van der Waals surface area (Å²) in [6.45, 7) is 2.28. The van der Waals surface area contributed by atoms with Gasteiger partial charge in [-0.15, -0.1) is 11.3 Å². The smallest absolute Gasteiger partial charge is 0.0862 e. The fraction of sp³-hybridized carbons (Fsp3) is 0.692. The normalized spacial score (nSPS) is 35.2. The van der Waals surface area contributed by atoms with Crippen LogP contribution in [-0.4, -0.2) is 34.7 Å². The minimum absolute atomic E-state index is 0.420. The van der Waals surface area contributed by atoms with Gasteiger partial charge in [0.15, 0.2) is 0 Å². The second-order valence-electron chi connectivity index (χ2n) is 5.16. The van der Waals surface area contributed by atoms with E-state index in [4.69, 9.17) is 0 Å². The Hall–Kier alpha value is -0.380. The van der Waals surface area contributed by atoms with Gasteiger partial charge in [0.05, 0.1) is 5.60 Å². The molecule has 16 heavy (non-hydrogen) atoms. The van der Waals surface area contributed by atoms with Crippen LogP contribution in [0.2, 0.25) is 0 Å². The highest BCUT2D eigenvalue weighted by atomic mass is 32.1. The monoisotopic (exact) mass is 237 g/mol. The molecule has 3 heterocycles. The summed E-state index contributed by atoms with van der Waals surface area (Å²) in [5.41, 5.74) is -0.453. The highest BCUT2D eigenvalue weighted by Gasteiger charge is 2.46. The lowest BCUT2D eigenvalue weighted by molar-refractivity contribution is -0.00826. The summed E-state index contributed by atoms with van der Waals surface area (Å²) < 4.78 is 0. The van der Waals surface area contributed by atoms with E-state index in [-0.39, 0.29) is 0 Å². The first-order valence-corrected chi connectivity index (χ1v) is 7.15. The van der Waals surface area contributed by atoms with Crippen molar-refractivity contribution in [2.24, 2.45) is 0 Å². The van der Waals surface area contributed by atoms with Gasteiger partial charge < -0.3 is 5.11 Å². The van der Waals surface area contributed by atoms with E-state index in [1.54, 1.807) is 11.3 Å². The molecule has 2 aliphatic rings. The standard InChI is InChI=1S/C13H19NOS/c15-13(10-11-4-3-9-16-11)6-8-14-7-2-1-5-12(13)14/h3-4,9,12,15H,1-2,5-8,10H2. The summed E-state index contributed by atoms with van der Waals surface area (Å²) in [5, 5.41) is 12.9. The molecule has 1 aromatic heterocycles. The van der Waals surface area contributed by atoms with E-state index in [2.05, 4.69) is 22.4 Å². The van der Waals surface area contributed by atoms with Crippen LogP contribution in [0.1, 0.15) is 30.6 Å². The third-order valence-electron chi connectivity index (χ3n) is 4.13. The lowest BCUT2D eigenvalue weighted by atomic mass is 9.86. The van der Waals surface area contributed by atoms with E-state index in [1.165, 1.54) is 30.7 Å². The highest BCUT2D eigenvalue weighted by molar-refractivity contribution is 7.09. The van der Waals surface area contributed by atoms with Crippen LogP contribution in [0.25, 0.3) is 0 Å². The van der Waals surface area contributed by atoms with Crippen molar-refractivity contribution in [2.75, 3.05) is 13.1 Å². The van der Waals surface area contributed by atoms with Crippen molar-refractivity contribution in [2.45, 2.75) is 43.7 Å². The summed E-state index contributed by atoms with van der Waals surface area (Å²) in [6, 6.07) is 4.65. The largest absolute Gasteiger partial charge is 0.388 e. The molecule has 2 unspecified atom stereocenters. The van der Waals surface area contributed by atoms with Gasteiger partial charge in [-0.3, -0.25) is 4.90 Å². The summed E-state index contributed by atoms with van der Waals surface area (Å²) in [5.74, 6) is 0. The molecule has 3 rings (SSSR count). The van der Waals surface area contributed by atoms with Gasteiger partial charge in [0.2, 0.25) is 0 Å². The second-order valence-corrected chi connectivity index (χ2v) is 6.19. The van der Waals surface area contributed by atoms with Crippen molar-refractivity contribution in [3.8, 4) is 0 Å². The molecule has 2 fully saturated rings. The van der Waals surface area contributed by atoms with E-state index in [0.717, 1.165) is 19.4 Å². The summed E-state index contributed by atoms with van der Waals surface area (Å²) in [6.07, 6.45) is 5.59. The van der Waals surface area contributed by atoms with Crippen LogP contribution in [-0.2, 0) is 6.42 Å². The number of rotatable bonds is 2. The van der Waals surface area contributed by atoms with Gasteiger partial charge in [0, 0.05) is 23.9 Å². The van der Waals surface area contributed by atoms with Crippen LogP contribution in [0.3, 0.4) is 0 Å². The molecule has 1 N–H and O–H groups in total. The number of piperidine rings is 1. The van der Waals surface area contributed by atoms with Gasteiger partial charge >= 0.3 is 0 Å². The lowest BCUT2D eigenvalue weighted by Gasteiger charge is -2.37. The zero-order valence-corrected chi connectivity index (χ0v) is 10.4. The molecule has 88 valence electrons. The number of hydrogen-bond donors (Lipinski definition) is 1. The van der Waals surface area contributed by atoms with Crippen molar-refractivity contribution >= 4 is 11.3 Å². The quantitative estimate of drug-likeness (QED) is 0.853. The van der Waals surface area contributed by atoms with Gasteiger partial charge in [-0.1, -0.05) is 12.5 Å². The zero-order valence-electron chi connectivity index (χ0n) is 9.56. The average Bonchev–Trinajstić information content (AvgIpc) is 2.89. The van der Waals surface area contributed by atoms with Crippen LogP contribution in [0.15, 0.2) is 17.5 Å². The van der Waals surface area contributed by atoms with Gasteiger partial charge in [-0.2, -0.15) is 0 Å². The Balaban J connectivity index is 1.77. The van der Waals surface area contributed by atoms with Gasteiger partial charge in [-0.05, 0) is 37.3 Å². The maximum Gasteiger partial charge on any atom is 0.0862 e. The third kappa shape index (κ3) is 1.81. The van der Waals surface area contributed by atoms with Crippen LogP contribution < -0.4 is 0 Å². The molecule has 3 heteroatoms. The van der Waals surface area contributed by atoms with Crippen molar-refractivity contribution in [3.05, 3.63) is 22.4 Å². The molecule has 0 radical (unpaired) electrons. The zero-order chi connectivity index (χ0) is 11.0. The minimum atomic E-state index is -0.453. The van der Waals surface area contributed by atoms with Gasteiger partial charge in [0.1, 0.15) is 0 Å². The topological polar surface area (TPSA) is 23.5 Å². The predicted molar refractivity (Wildman–Crippen MR) is 66.8 cm³/mol. The Bertz CT molecular complexity index is 351. The highest BCUT2D eigenvalue weighted by Crippen LogP contribution is 2.37. The maximum absolute atomic E-state index is 10.8. The Morgan fingerprint density at radius 1 is 1.44 bits per heavy atom. The summed E-state index contributed by atoms with van der Waals surface area (Å²) in [7, 11) is 0. The number of aliphatic hydroxyl groups is 1. The molecule has 0 amide bonds. The van der Waals surface area contributed by atoms with E-state index in [1.807, 2.05) is 0 Å². The van der Waals surface area contributed by atoms with E-state index in [0.29, 0.717) is 6.04 Å². The summed E-state index contributed by atoms with van der Waals surface area (Å²) in [4.78, 5) is 3.83. The molecule has 0 aliphatic carbocycles. The number of fused-ring (bicyclic) bond motifs is 1. The van der Waals surface area contributed by atoms with E-state index < -0.39 is 5.60 Å². The van der Waals surface area contributed by atoms with E-state index in [9.17, 15) is 5.11 Å². The van der Waals surface area contributed by atoms with Crippen molar-refractivity contribution in [1.29, 1.82) is 0 Å². The molecule has 2 atom stereocenters. The number of thiophene rings is 1. The number of nitrogens with zero attached hydrogens (tertiary/aromatic N) is 1. The molecule has 2 nitrogen and oxygen atoms in total. The Labute approximate surface area is 101 Å². The molecule has 0 bridgehead atoms. The van der Waals surface area contributed by atoms with Crippen LogP contribution in [0, 0.1) is 0 Å². The first kappa shape index (κ1) is 10.8. The fourth-order valence-electron chi connectivity index (χ4n) is 3.29. The van der Waals surface area contributed by atoms with Gasteiger partial charge in [0.25, 0.3) is 0 Å². The Morgan fingerprint density at radius 2 is 2.38 bits per heavy atom. The first-order valence-electron chi connectivity index (χ1n) is 6.27. The molecular weight excluding hydrogens is 218 g/mol. The third-order valence-corrected chi connectivity index (χ3v) is 5.00. The van der Waals surface area contributed by atoms with Crippen molar-refractivity contribution in [3.63, 3.8) is 0 Å². The fourth-order valence-corrected chi connectivity index (χ4v) is 4.11. The molecule has 0 saturated carbocycles. The minimum Gasteiger partial charge on any atom is -0.388 e. The van der Waals surface area contributed by atoms with Crippen LogP contribution in [0.4, 0.5) is 0 Å². The van der Waals surface area contributed by atoms with Gasteiger partial charge in [-0.25, -0.2) is 0 Å². The predicted octanol–water partition coefficient (Wildman–Crippen LogP) is 2.28. The number of hydrogen-bond acceptors (Lipinski definition) is 3. The maximum atomic E-state index is 10.8. The molecule has 1 aromatic rings. The molecule has 2 aliphatic heterocycles. The van der Waals surface area contributed by atoms with E-state index >= 15 is 0 Å². The van der Waals surface area contributed by atoms with Crippen molar-refractivity contribution in [1.82, 2.24) is 4.90 Å². The molecular formula is C13H19NOS. The van der Waals surface area contributed by atoms with Crippen LogP contribution in [0.5, 0.6) is 0 Å². The molecule has 0 spiro atoms.